The van der Waals surface area contributed by atoms with Crippen molar-refractivity contribution in [2.24, 2.45) is 0 Å². The number of hydrogen-bond donors (Lipinski definition) is 1. The zero-order valence-corrected chi connectivity index (χ0v) is 18.1. The Labute approximate surface area is 172 Å². The van der Waals surface area contributed by atoms with E-state index < -0.39 is 0 Å². The van der Waals surface area contributed by atoms with E-state index >= 15 is 0 Å². The first-order valence-corrected chi connectivity index (χ1v) is 10.6. The third-order valence-electron chi connectivity index (χ3n) is 5.14. The minimum atomic E-state index is 0.00635. The fourth-order valence-corrected chi connectivity index (χ4v) is 4.15. The van der Waals surface area contributed by atoms with E-state index in [4.69, 9.17) is 5.26 Å². The highest BCUT2D eigenvalue weighted by Gasteiger charge is 2.42. The van der Waals surface area contributed by atoms with Gasteiger partial charge in [0.1, 0.15) is 6.54 Å². The highest BCUT2D eigenvalue weighted by atomic mass is 127. The lowest BCUT2D eigenvalue weighted by atomic mass is 9.81. The Hall–Kier alpha value is -0.930. The summed E-state index contributed by atoms with van der Waals surface area (Å²) in [5.41, 5.74) is 6.52. The molecular formula is C20H23INO3S+. The van der Waals surface area contributed by atoms with Crippen molar-refractivity contribution in [2.75, 3.05) is 12.3 Å². The summed E-state index contributed by atoms with van der Waals surface area (Å²) in [6.45, 7) is 7.70. The van der Waals surface area contributed by atoms with Gasteiger partial charge in [0.25, 0.3) is 0 Å². The number of fused-ring (bicyclic) bond motifs is 1. The van der Waals surface area contributed by atoms with Crippen molar-refractivity contribution < 1.29 is 19.2 Å². The summed E-state index contributed by atoms with van der Waals surface area (Å²) in [4.78, 5) is 0. The lowest BCUT2D eigenvalue weighted by molar-refractivity contribution is -0.439. The number of benzene rings is 2. The average molecular weight is 484 g/mol. The molecule has 138 valence electrons. The van der Waals surface area contributed by atoms with E-state index in [0.29, 0.717) is 0 Å². The summed E-state index contributed by atoms with van der Waals surface area (Å²) in [5, 5.41) is 11.8. The molecule has 1 N–H and O–H groups in total. The maximum absolute atomic E-state index is 8.20. The van der Waals surface area contributed by atoms with E-state index in [9.17, 15) is 0 Å². The van der Waals surface area contributed by atoms with Gasteiger partial charge < -0.3 is 0 Å². The fourth-order valence-electron chi connectivity index (χ4n) is 3.43. The minimum absolute atomic E-state index is 0.00635. The molecule has 2 aromatic carbocycles. The van der Waals surface area contributed by atoms with Gasteiger partial charge in [0.15, 0.2) is 5.71 Å². The molecule has 0 radical (unpaired) electrons. The molecule has 26 heavy (non-hydrogen) atoms. The van der Waals surface area contributed by atoms with Crippen LogP contribution in [0.15, 0.2) is 42.5 Å². The number of nitrogens with zero attached hydrogens (tertiary/aromatic N) is 1. The summed E-state index contributed by atoms with van der Waals surface area (Å²) >= 11 is 3.45. The third-order valence-corrected chi connectivity index (χ3v) is 6.47. The predicted molar refractivity (Wildman–Crippen MR) is 115 cm³/mol. The van der Waals surface area contributed by atoms with Crippen LogP contribution in [0.25, 0.3) is 11.1 Å². The maximum Gasteiger partial charge on any atom is 0.209 e. The second kappa shape index (κ2) is 8.39. The largest absolute Gasteiger partial charge is 0.220 e. The molecule has 1 aliphatic rings. The Morgan fingerprint density at radius 3 is 2.50 bits per heavy atom. The molecule has 0 saturated carbocycles. The van der Waals surface area contributed by atoms with E-state index in [1.807, 2.05) is 0 Å². The number of hydrogen-bond acceptors (Lipinski definition) is 4. The van der Waals surface area contributed by atoms with E-state index in [1.165, 1.54) is 31.7 Å². The zero-order valence-electron chi connectivity index (χ0n) is 15.2. The molecule has 6 heteroatoms. The van der Waals surface area contributed by atoms with Gasteiger partial charge in [-0.05, 0) is 71.8 Å². The molecule has 2 aromatic rings. The lowest BCUT2D eigenvalue weighted by Crippen LogP contribution is -2.26. The molecule has 0 atom stereocenters. The minimum Gasteiger partial charge on any atom is -0.220 e. The predicted octanol–water partition coefficient (Wildman–Crippen LogP) is 5.81. The van der Waals surface area contributed by atoms with Crippen LogP contribution in [0.4, 0.5) is 5.69 Å². The first kappa shape index (κ1) is 19.8. The van der Waals surface area contributed by atoms with Crippen LogP contribution in [-0.2, 0) is 14.8 Å². The summed E-state index contributed by atoms with van der Waals surface area (Å²) in [6.07, 6.45) is 0.930. The van der Waals surface area contributed by atoms with Crippen LogP contribution in [0, 0.1) is 3.57 Å². The van der Waals surface area contributed by atoms with Gasteiger partial charge in [-0.15, -0.1) is 4.33 Å². The summed E-state index contributed by atoms with van der Waals surface area (Å²) in [5.74, 6) is 0.751. The number of rotatable bonds is 7. The number of halogens is 1. The quantitative estimate of drug-likeness (QED) is 0.134. The summed E-state index contributed by atoms with van der Waals surface area (Å²) in [6, 6.07) is 15.4. The van der Waals surface area contributed by atoms with Crippen molar-refractivity contribution in [1.29, 1.82) is 0 Å². The Morgan fingerprint density at radius 2 is 1.81 bits per heavy atom. The first-order valence-electron chi connectivity index (χ1n) is 8.57. The first-order chi connectivity index (χ1) is 12.4. The molecule has 0 amide bonds. The van der Waals surface area contributed by atoms with Crippen molar-refractivity contribution in [3.8, 4) is 11.1 Å². The molecule has 4 nitrogen and oxygen atoms in total. The van der Waals surface area contributed by atoms with Crippen molar-refractivity contribution in [3.05, 3.63) is 51.6 Å². The molecule has 0 saturated heterocycles. The Morgan fingerprint density at radius 1 is 1.12 bits per heavy atom. The van der Waals surface area contributed by atoms with Gasteiger partial charge >= 0.3 is 0 Å². The van der Waals surface area contributed by atoms with Gasteiger partial charge in [-0.2, -0.15) is 4.58 Å². The van der Waals surface area contributed by atoms with Crippen LogP contribution in [0.1, 0.15) is 32.8 Å². The van der Waals surface area contributed by atoms with Crippen LogP contribution in [-0.4, -0.2) is 27.8 Å². The van der Waals surface area contributed by atoms with Gasteiger partial charge in [0.05, 0.1) is 5.41 Å². The monoisotopic (exact) mass is 484 g/mol. The normalized spacial score (nSPS) is 15.4. The SMILES string of the molecule is CC1=[N+](CCCSOOO)c2ccc(-c3ccc(I)cc3)cc2C1(C)C. The maximum atomic E-state index is 8.20. The topological polar surface area (TPSA) is 41.7 Å². The molecule has 1 aliphatic heterocycles. The highest BCUT2D eigenvalue weighted by molar-refractivity contribution is 14.1. The van der Waals surface area contributed by atoms with Gasteiger partial charge in [-0.3, -0.25) is 0 Å². The second-order valence-electron chi connectivity index (χ2n) is 6.92. The third kappa shape index (κ3) is 3.99. The molecule has 3 rings (SSSR count). The Bertz CT molecular complexity index is 818. The van der Waals surface area contributed by atoms with E-state index in [-0.39, 0.29) is 5.41 Å². The lowest BCUT2D eigenvalue weighted by Gasteiger charge is -2.16. The average Bonchev–Trinajstić information content (AvgIpc) is 2.82. The molecular weight excluding hydrogens is 461 g/mol. The van der Waals surface area contributed by atoms with Crippen molar-refractivity contribution in [3.63, 3.8) is 0 Å². The molecule has 0 spiro atoms. The van der Waals surface area contributed by atoms with Crippen LogP contribution < -0.4 is 0 Å². The second-order valence-corrected chi connectivity index (χ2v) is 8.94. The Kier molecular flexibility index (Phi) is 6.40. The summed E-state index contributed by atoms with van der Waals surface area (Å²) in [7, 11) is 0. The van der Waals surface area contributed by atoms with Crippen LogP contribution >= 0.6 is 34.6 Å². The van der Waals surface area contributed by atoms with Gasteiger partial charge in [0.2, 0.25) is 5.69 Å². The zero-order chi connectivity index (χ0) is 18.7. The van der Waals surface area contributed by atoms with Crippen molar-refractivity contribution >= 4 is 46.0 Å². The van der Waals surface area contributed by atoms with Gasteiger partial charge in [0, 0.05) is 46.3 Å². The van der Waals surface area contributed by atoms with Gasteiger partial charge in [-0.1, -0.05) is 17.2 Å². The van der Waals surface area contributed by atoms with Crippen LogP contribution in [0.5, 0.6) is 0 Å². The molecule has 0 unspecified atom stereocenters. The van der Waals surface area contributed by atoms with E-state index in [1.54, 1.807) is 0 Å². The molecule has 0 aromatic heterocycles. The van der Waals surface area contributed by atoms with Gasteiger partial charge in [-0.25, -0.2) is 5.26 Å². The molecule has 0 aliphatic carbocycles. The standard InChI is InChI=1S/C20H22INO3S/c1-14-20(2,3)18-13-16(15-5-8-17(21)9-6-15)7-10-19(18)22(14)11-4-12-26-25-24-23/h5-10,13H,4,11-12H2,1-3H3/p+1. The van der Waals surface area contributed by atoms with E-state index in [0.717, 1.165) is 30.8 Å². The molecule has 0 bridgehead atoms. The molecule has 0 fully saturated rings. The fraction of sp³-hybridized carbons (Fsp3) is 0.350. The smallest absolute Gasteiger partial charge is 0.209 e. The Balaban J connectivity index is 1.86. The van der Waals surface area contributed by atoms with Crippen LogP contribution in [0.3, 0.4) is 0 Å². The summed E-state index contributed by atoms with van der Waals surface area (Å²) < 4.78 is 8.10. The van der Waals surface area contributed by atoms with Crippen LogP contribution in [0.2, 0.25) is 0 Å². The van der Waals surface area contributed by atoms with Crippen molar-refractivity contribution in [2.45, 2.75) is 32.6 Å². The van der Waals surface area contributed by atoms with Crippen molar-refractivity contribution in [1.82, 2.24) is 0 Å². The molecule has 1 heterocycles. The highest BCUT2D eigenvalue weighted by Crippen LogP contribution is 2.41. The van der Waals surface area contributed by atoms with E-state index in [2.05, 4.69) is 99.8 Å².